The summed E-state index contributed by atoms with van der Waals surface area (Å²) in [5, 5.41) is 0. The third kappa shape index (κ3) is 2.02. The van der Waals surface area contributed by atoms with Crippen LogP contribution < -0.4 is 10.5 Å². The van der Waals surface area contributed by atoms with E-state index in [-0.39, 0.29) is 5.82 Å². The Hall–Kier alpha value is -2.08. The van der Waals surface area contributed by atoms with Gasteiger partial charge in [-0.3, -0.25) is 4.57 Å². The molecule has 3 aromatic rings. The molecule has 0 aliphatic heterocycles. The molecule has 1 aromatic heterocycles. The number of benzene rings is 2. The first-order valence-electron chi connectivity index (χ1n) is 5.87. The molecule has 2 N–H and O–H groups in total. The molecular weight excluding hydrogens is 325 g/mol. The lowest BCUT2D eigenvalue weighted by molar-refractivity contribution is 0.410. The summed E-state index contributed by atoms with van der Waals surface area (Å²) in [6, 6.07) is 9.96. The molecule has 0 unspecified atom stereocenters. The highest BCUT2D eigenvalue weighted by molar-refractivity contribution is 9.10. The largest absolute Gasteiger partial charge is 0.494 e. The van der Waals surface area contributed by atoms with Gasteiger partial charge in [-0.15, -0.1) is 0 Å². The van der Waals surface area contributed by atoms with E-state index in [1.165, 1.54) is 19.2 Å². The lowest BCUT2D eigenvalue weighted by atomic mass is 10.2. The monoisotopic (exact) mass is 335 g/mol. The van der Waals surface area contributed by atoms with Gasteiger partial charge >= 0.3 is 0 Å². The summed E-state index contributed by atoms with van der Waals surface area (Å²) in [4.78, 5) is 4.30. The van der Waals surface area contributed by atoms with Gasteiger partial charge in [0, 0.05) is 10.5 Å². The second kappa shape index (κ2) is 4.79. The SMILES string of the molecule is COc1cc(F)ccc1-n1c(N)nc2ccc(Br)cc21. The van der Waals surface area contributed by atoms with Crippen molar-refractivity contribution in [2.75, 3.05) is 12.8 Å². The number of rotatable bonds is 2. The first kappa shape index (κ1) is 12.9. The summed E-state index contributed by atoms with van der Waals surface area (Å²) in [5.74, 6) is 0.355. The zero-order valence-corrected chi connectivity index (χ0v) is 12.2. The van der Waals surface area contributed by atoms with Gasteiger partial charge in [0.2, 0.25) is 5.95 Å². The van der Waals surface area contributed by atoms with Gasteiger partial charge in [0.1, 0.15) is 11.6 Å². The average molecular weight is 336 g/mol. The maximum absolute atomic E-state index is 13.3. The Balaban J connectivity index is 2.34. The molecule has 20 heavy (non-hydrogen) atoms. The fourth-order valence-electron chi connectivity index (χ4n) is 2.16. The van der Waals surface area contributed by atoms with E-state index in [0.717, 1.165) is 15.5 Å². The molecule has 0 atom stereocenters. The zero-order chi connectivity index (χ0) is 14.3. The fourth-order valence-corrected chi connectivity index (χ4v) is 2.51. The molecule has 0 saturated carbocycles. The first-order chi connectivity index (χ1) is 9.60. The number of nitrogens with two attached hydrogens (primary N) is 1. The molecule has 3 rings (SSSR count). The van der Waals surface area contributed by atoms with Gasteiger partial charge in [0.05, 0.1) is 23.8 Å². The molecule has 0 aliphatic rings. The normalized spacial score (nSPS) is 10.9. The number of hydrogen-bond donors (Lipinski definition) is 1. The molecule has 0 bridgehead atoms. The minimum Gasteiger partial charge on any atom is -0.494 e. The third-order valence-corrected chi connectivity index (χ3v) is 3.52. The molecule has 1 heterocycles. The number of halogens is 2. The fraction of sp³-hybridized carbons (Fsp3) is 0.0714. The van der Waals surface area contributed by atoms with Gasteiger partial charge in [-0.25, -0.2) is 9.37 Å². The van der Waals surface area contributed by atoms with Crippen LogP contribution >= 0.6 is 15.9 Å². The minimum atomic E-state index is -0.366. The Bertz CT molecular complexity index is 800. The van der Waals surface area contributed by atoms with Crippen LogP contribution in [0.1, 0.15) is 0 Å². The van der Waals surface area contributed by atoms with Gasteiger partial charge in [-0.2, -0.15) is 0 Å². The van der Waals surface area contributed by atoms with Crippen molar-refractivity contribution in [1.29, 1.82) is 0 Å². The van der Waals surface area contributed by atoms with E-state index in [0.29, 0.717) is 17.4 Å². The number of methoxy groups -OCH3 is 1. The number of aromatic nitrogens is 2. The number of imidazole rings is 1. The van der Waals surface area contributed by atoms with Crippen molar-refractivity contribution in [1.82, 2.24) is 9.55 Å². The first-order valence-corrected chi connectivity index (χ1v) is 6.67. The lowest BCUT2D eigenvalue weighted by Crippen LogP contribution is -2.03. The number of anilines is 1. The van der Waals surface area contributed by atoms with Gasteiger partial charge in [-0.1, -0.05) is 15.9 Å². The van der Waals surface area contributed by atoms with Crippen LogP contribution in [0.5, 0.6) is 5.75 Å². The minimum absolute atomic E-state index is 0.322. The van der Waals surface area contributed by atoms with E-state index in [9.17, 15) is 4.39 Å². The Morgan fingerprint density at radius 2 is 2.05 bits per heavy atom. The molecule has 4 nitrogen and oxygen atoms in total. The summed E-state index contributed by atoms with van der Waals surface area (Å²) >= 11 is 3.42. The van der Waals surface area contributed by atoms with Gasteiger partial charge < -0.3 is 10.5 Å². The molecule has 0 radical (unpaired) electrons. The molecule has 0 fully saturated rings. The number of fused-ring (bicyclic) bond motifs is 1. The second-order valence-corrected chi connectivity index (χ2v) is 5.17. The van der Waals surface area contributed by atoms with Crippen LogP contribution in [0.3, 0.4) is 0 Å². The molecule has 0 saturated heterocycles. The van der Waals surface area contributed by atoms with Gasteiger partial charge in [-0.05, 0) is 30.3 Å². The van der Waals surface area contributed by atoms with Gasteiger partial charge in [0.15, 0.2) is 0 Å². The number of nitrogens with zero attached hydrogens (tertiary/aromatic N) is 2. The van der Waals surface area contributed by atoms with Crippen LogP contribution in [-0.4, -0.2) is 16.7 Å². The third-order valence-electron chi connectivity index (χ3n) is 3.03. The van der Waals surface area contributed by atoms with Crippen LogP contribution in [0.15, 0.2) is 40.9 Å². The summed E-state index contributed by atoms with van der Waals surface area (Å²) in [5.41, 5.74) is 8.21. The molecular formula is C14H11BrFN3O. The smallest absolute Gasteiger partial charge is 0.206 e. The summed E-state index contributed by atoms with van der Waals surface area (Å²) in [6.45, 7) is 0. The maximum atomic E-state index is 13.3. The van der Waals surface area contributed by atoms with Gasteiger partial charge in [0.25, 0.3) is 0 Å². The summed E-state index contributed by atoms with van der Waals surface area (Å²) in [6.07, 6.45) is 0. The lowest BCUT2D eigenvalue weighted by Gasteiger charge is -2.11. The number of nitrogen functional groups attached to an aromatic ring is 1. The van der Waals surface area contributed by atoms with E-state index in [2.05, 4.69) is 20.9 Å². The van der Waals surface area contributed by atoms with E-state index < -0.39 is 0 Å². The van der Waals surface area contributed by atoms with Crippen molar-refractivity contribution in [3.8, 4) is 11.4 Å². The molecule has 102 valence electrons. The van der Waals surface area contributed by atoms with Crippen LogP contribution in [0.25, 0.3) is 16.7 Å². The predicted octanol–water partition coefficient (Wildman–Crippen LogP) is 3.52. The molecule has 0 aliphatic carbocycles. The van der Waals surface area contributed by atoms with E-state index in [4.69, 9.17) is 10.5 Å². The predicted molar refractivity (Wildman–Crippen MR) is 79.7 cm³/mol. The highest BCUT2D eigenvalue weighted by Crippen LogP contribution is 2.31. The van der Waals surface area contributed by atoms with Crippen molar-refractivity contribution in [2.24, 2.45) is 0 Å². The van der Waals surface area contributed by atoms with Crippen LogP contribution in [0.2, 0.25) is 0 Å². The second-order valence-electron chi connectivity index (χ2n) is 4.25. The Morgan fingerprint density at radius 3 is 2.80 bits per heavy atom. The van der Waals surface area contributed by atoms with Crippen molar-refractivity contribution in [2.45, 2.75) is 0 Å². The van der Waals surface area contributed by atoms with E-state index >= 15 is 0 Å². The molecule has 6 heteroatoms. The number of ether oxygens (including phenoxy) is 1. The van der Waals surface area contributed by atoms with Crippen LogP contribution in [-0.2, 0) is 0 Å². The summed E-state index contributed by atoms with van der Waals surface area (Å²) < 4.78 is 21.2. The van der Waals surface area contributed by atoms with Crippen LogP contribution in [0, 0.1) is 5.82 Å². The highest BCUT2D eigenvalue weighted by Gasteiger charge is 2.14. The average Bonchev–Trinajstić information content (AvgIpc) is 2.74. The van der Waals surface area contributed by atoms with Crippen molar-refractivity contribution in [3.05, 3.63) is 46.7 Å². The highest BCUT2D eigenvalue weighted by atomic mass is 79.9. The maximum Gasteiger partial charge on any atom is 0.206 e. The zero-order valence-electron chi connectivity index (χ0n) is 10.6. The Labute approximate surface area is 123 Å². The molecule has 0 amide bonds. The van der Waals surface area contributed by atoms with E-state index in [1.807, 2.05) is 18.2 Å². The summed E-state index contributed by atoms with van der Waals surface area (Å²) in [7, 11) is 1.49. The number of hydrogen-bond acceptors (Lipinski definition) is 3. The topological polar surface area (TPSA) is 53.1 Å². The van der Waals surface area contributed by atoms with Crippen molar-refractivity contribution in [3.63, 3.8) is 0 Å². The van der Waals surface area contributed by atoms with E-state index in [1.54, 1.807) is 10.6 Å². The van der Waals surface area contributed by atoms with Crippen LogP contribution in [0.4, 0.5) is 10.3 Å². The van der Waals surface area contributed by atoms with Crippen molar-refractivity contribution < 1.29 is 9.13 Å². The standard InChI is InChI=1S/C14H11BrFN3O/c1-20-13-7-9(16)3-5-11(13)19-12-6-8(15)2-4-10(12)18-14(19)17/h2-7H,1H3,(H2,17,18). The Kier molecular flexibility index (Phi) is 3.10. The Morgan fingerprint density at radius 1 is 1.25 bits per heavy atom. The molecule has 0 spiro atoms. The van der Waals surface area contributed by atoms with Crippen molar-refractivity contribution >= 4 is 32.9 Å². The quantitative estimate of drug-likeness (QED) is 0.779. The molecule has 2 aromatic carbocycles.